The van der Waals surface area contributed by atoms with Gasteiger partial charge in [-0.15, -0.1) is 12.4 Å². The van der Waals surface area contributed by atoms with Gasteiger partial charge in [-0.1, -0.05) is 119 Å². The molecule has 3 rings (SSSR count). The highest BCUT2D eigenvalue weighted by atomic mass is 35.5. The molecule has 0 aliphatic heterocycles. The Balaban J connectivity index is 0.0000124. The standard InChI is InChI=1S/C45H64N6O8.ClH/c1-33(2)27-39(49-44(55)58-30-36-19-10-6-11-20-36)42(53)48-24-16-26-51(25-15-14-23-47-41(52)38(46)32-57-29-35-17-8-5-9-18-35)43(54)40(28-34(3)4)50-45(56)59-31-37-21-12-7-13-22-37;/h5-13,17-22,33-34,38-40H,14-16,23-32,46H2,1-4H3,(H,47,52)(H,48,53)(H,49,55)(H,50,56);1H/t38-,39-,40-;/m0./s1. The summed E-state index contributed by atoms with van der Waals surface area (Å²) in [6, 6.07) is 25.7. The predicted octanol–water partition coefficient (Wildman–Crippen LogP) is 5.87. The fourth-order valence-electron chi connectivity index (χ4n) is 6.09. The number of nitrogens with two attached hydrogens (primary N) is 1. The van der Waals surface area contributed by atoms with Gasteiger partial charge in [-0.25, -0.2) is 9.59 Å². The molecular formula is C45H65ClN6O8. The third-order valence-electron chi connectivity index (χ3n) is 9.15. The first-order chi connectivity index (χ1) is 28.4. The van der Waals surface area contributed by atoms with Crippen molar-refractivity contribution in [2.24, 2.45) is 17.6 Å². The van der Waals surface area contributed by atoms with Gasteiger partial charge in [-0.05, 0) is 60.6 Å². The summed E-state index contributed by atoms with van der Waals surface area (Å²) >= 11 is 0. The smallest absolute Gasteiger partial charge is 0.408 e. The Morgan fingerprint density at radius 2 is 1.02 bits per heavy atom. The highest BCUT2D eigenvalue weighted by Gasteiger charge is 2.28. The molecule has 3 aromatic carbocycles. The van der Waals surface area contributed by atoms with Crippen molar-refractivity contribution in [3.8, 4) is 0 Å². The van der Waals surface area contributed by atoms with Crippen LogP contribution in [-0.4, -0.2) is 85.7 Å². The monoisotopic (exact) mass is 852 g/mol. The maximum absolute atomic E-state index is 14.1. The lowest BCUT2D eigenvalue weighted by molar-refractivity contribution is -0.134. The number of unbranched alkanes of at least 4 members (excludes halogenated alkanes) is 1. The Labute approximate surface area is 361 Å². The lowest BCUT2D eigenvalue weighted by Crippen LogP contribution is -2.50. The van der Waals surface area contributed by atoms with Gasteiger partial charge in [-0.2, -0.15) is 0 Å². The average Bonchev–Trinajstić information content (AvgIpc) is 3.22. The summed E-state index contributed by atoms with van der Waals surface area (Å²) in [7, 11) is 0. The van der Waals surface area contributed by atoms with E-state index in [2.05, 4.69) is 21.3 Å². The molecule has 0 aliphatic carbocycles. The Bertz CT molecular complexity index is 1690. The lowest BCUT2D eigenvalue weighted by Gasteiger charge is -2.29. The zero-order valence-electron chi connectivity index (χ0n) is 35.4. The molecule has 330 valence electrons. The minimum Gasteiger partial charge on any atom is -0.445 e. The van der Waals surface area contributed by atoms with Crippen LogP contribution in [0.3, 0.4) is 0 Å². The Hall–Kier alpha value is -5.18. The van der Waals surface area contributed by atoms with Gasteiger partial charge in [0.2, 0.25) is 17.7 Å². The number of nitrogens with zero attached hydrogens (tertiary/aromatic N) is 1. The molecule has 0 saturated carbocycles. The first-order valence-corrected chi connectivity index (χ1v) is 20.6. The van der Waals surface area contributed by atoms with Gasteiger partial charge >= 0.3 is 12.2 Å². The van der Waals surface area contributed by atoms with E-state index in [0.717, 1.165) is 16.7 Å². The summed E-state index contributed by atoms with van der Waals surface area (Å²) in [6.07, 6.45) is 0.929. The number of rotatable bonds is 26. The summed E-state index contributed by atoms with van der Waals surface area (Å²) in [4.78, 5) is 67.2. The number of amides is 5. The average molecular weight is 854 g/mol. The lowest BCUT2D eigenvalue weighted by atomic mass is 10.0. The summed E-state index contributed by atoms with van der Waals surface area (Å²) in [5.41, 5.74) is 8.69. The highest BCUT2D eigenvalue weighted by Crippen LogP contribution is 2.12. The van der Waals surface area contributed by atoms with E-state index in [1.165, 1.54) is 0 Å². The van der Waals surface area contributed by atoms with E-state index in [1.807, 2.05) is 119 Å². The molecule has 15 heteroatoms. The SMILES string of the molecule is CC(C)C[C@H](NC(=O)OCc1ccccc1)C(=O)NCCCN(CCCCNC(=O)[C@@H](N)COCc1ccccc1)C(=O)[C@H](CC(C)C)NC(=O)OCc1ccccc1.Cl. The minimum atomic E-state index is -0.844. The predicted molar refractivity (Wildman–Crippen MR) is 234 cm³/mol. The Morgan fingerprint density at radius 3 is 1.53 bits per heavy atom. The zero-order chi connectivity index (χ0) is 42.8. The van der Waals surface area contributed by atoms with E-state index in [4.69, 9.17) is 19.9 Å². The molecule has 6 N–H and O–H groups in total. The maximum Gasteiger partial charge on any atom is 0.408 e. The molecule has 0 unspecified atom stereocenters. The van der Waals surface area contributed by atoms with Gasteiger partial charge in [0.25, 0.3) is 0 Å². The van der Waals surface area contributed by atoms with E-state index in [9.17, 15) is 24.0 Å². The molecule has 0 heterocycles. The van der Waals surface area contributed by atoms with Crippen molar-refractivity contribution in [1.29, 1.82) is 0 Å². The van der Waals surface area contributed by atoms with Crippen LogP contribution in [0.4, 0.5) is 9.59 Å². The molecule has 14 nitrogen and oxygen atoms in total. The summed E-state index contributed by atoms with van der Waals surface area (Å²) in [5.74, 6) is -0.754. The fraction of sp³-hybridized carbons (Fsp3) is 0.489. The molecule has 3 atom stereocenters. The van der Waals surface area contributed by atoms with Crippen LogP contribution in [0, 0.1) is 11.8 Å². The van der Waals surface area contributed by atoms with Gasteiger partial charge in [0, 0.05) is 26.2 Å². The molecule has 0 bridgehead atoms. The minimum absolute atomic E-state index is 0. The van der Waals surface area contributed by atoms with Gasteiger partial charge in [-0.3, -0.25) is 14.4 Å². The van der Waals surface area contributed by atoms with Crippen molar-refractivity contribution in [2.75, 3.05) is 32.8 Å². The van der Waals surface area contributed by atoms with E-state index in [1.54, 1.807) is 4.90 Å². The molecule has 0 spiro atoms. The normalized spacial score (nSPS) is 12.3. The second kappa shape index (κ2) is 29.1. The van der Waals surface area contributed by atoms with Gasteiger partial charge < -0.3 is 46.1 Å². The number of benzene rings is 3. The van der Waals surface area contributed by atoms with E-state index < -0.39 is 30.3 Å². The van der Waals surface area contributed by atoms with Crippen LogP contribution in [-0.2, 0) is 48.4 Å². The van der Waals surface area contributed by atoms with Crippen LogP contribution >= 0.6 is 12.4 Å². The molecule has 0 aromatic heterocycles. The van der Waals surface area contributed by atoms with Crippen molar-refractivity contribution in [3.63, 3.8) is 0 Å². The first kappa shape index (κ1) is 51.0. The maximum atomic E-state index is 14.1. The number of ether oxygens (including phenoxy) is 3. The topological polar surface area (TPSA) is 190 Å². The molecular weight excluding hydrogens is 788 g/mol. The third-order valence-corrected chi connectivity index (χ3v) is 9.15. The van der Waals surface area contributed by atoms with Gasteiger partial charge in [0.05, 0.1) is 13.2 Å². The van der Waals surface area contributed by atoms with E-state index in [0.29, 0.717) is 51.8 Å². The Morgan fingerprint density at radius 1 is 0.583 bits per heavy atom. The van der Waals surface area contributed by atoms with Crippen molar-refractivity contribution in [1.82, 2.24) is 26.2 Å². The van der Waals surface area contributed by atoms with Crippen LogP contribution in [0.2, 0.25) is 0 Å². The van der Waals surface area contributed by atoms with Crippen LogP contribution < -0.4 is 27.0 Å². The largest absolute Gasteiger partial charge is 0.445 e. The molecule has 5 amide bonds. The molecule has 0 radical (unpaired) electrons. The van der Waals surface area contributed by atoms with Crippen LogP contribution in [0.15, 0.2) is 91.0 Å². The Kier molecular flexibility index (Phi) is 24.7. The highest BCUT2D eigenvalue weighted by molar-refractivity contribution is 5.86. The second-order valence-corrected chi connectivity index (χ2v) is 15.4. The van der Waals surface area contributed by atoms with Crippen molar-refractivity contribution < 1.29 is 38.2 Å². The van der Waals surface area contributed by atoms with Gasteiger partial charge in [0.15, 0.2) is 0 Å². The first-order valence-electron chi connectivity index (χ1n) is 20.6. The van der Waals surface area contributed by atoms with E-state index in [-0.39, 0.29) is 74.9 Å². The van der Waals surface area contributed by atoms with Crippen molar-refractivity contribution in [3.05, 3.63) is 108 Å². The quantitative estimate of drug-likeness (QED) is 0.0616. The summed E-state index contributed by atoms with van der Waals surface area (Å²) in [5, 5.41) is 11.2. The van der Waals surface area contributed by atoms with Crippen molar-refractivity contribution >= 4 is 42.3 Å². The summed E-state index contributed by atoms with van der Waals surface area (Å²) < 4.78 is 16.4. The van der Waals surface area contributed by atoms with Crippen molar-refractivity contribution in [2.45, 2.75) is 97.7 Å². The molecule has 60 heavy (non-hydrogen) atoms. The number of carbonyl (C=O) groups is 5. The van der Waals surface area contributed by atoms with E-state index >= 15 is 0 Å². The molecule has 0 fully saturated rings. The molecule has 3 aromatic rings. The summed E-state index contributed by atoms with van der Waals surface area (Å²) in [6.45, 7) is 9.63. The molecule has 0 aliphatic rings. The number of hydrogen-bond donors (Lipinski definition) is 5. The zero-order valence-corrected chi connectivity index (χ0v) is 36.3. The number of carbonyl (C=O) groups excluding carboxylic acids is 5. The second-order valence-electron chi connectivity index (χ2n) is 15.4. The number of nitrogens with one attached hydrogen (secondary N) is 4. The van der Waals surface area contributed by atoms with Crippen LogP contribution in [0.1, 0.15) is 76.5 Å². The van der Waals surface area contributed by atoms with Crippen LogP contribution in [0.5, 0.6) is 0 Å². The fourth-order valence-corrected chi connectivity index (χ4v) is 6.09. The van der Waals surface area contributed by atoms with Gasteiger partial charge in [0.1, 0.15) is 31.3 Å². The molecule has 0 saturated heterocycles. The number of hydrogen-bond acceptors (Lipinski definition) is 9. The van der Waals surface area contributed by atoms with Crippen LogP contribution in [0.25, 0.3) is 0 Å². The number of alkyl carbamates (subject to hydrolysis) is 2. The number of halogens is 1. The third kappa shape index (κ3) is 21.2.